The molecule has 4 nitrogen and oxygen atoms in total. The van der Waals surface area contributed by atoms with E-state index in [-0.39, 0.29) is 0 Å². The fourth-order valence-electron chi connectivity index (χ4n) is 1.98. The van der Waals surface area contributed by atoms with E-state index in [2.05, 4.69) is 0 Å². The zero-order chi connectivity index (χ0) is 13.3. The minimum absolute atomic E-state index is 0.335. The quantitative estimate of drug-likeness (QED) is 0.816. The van der Waals surface area contributed by atoms with Crippen molar-refractivity contribution in [3.05, 3.63) is 35.9 Å². The van der Waals surface area contributed by atoms with Crippen LogP contribution in [-0.4, -0.2) is 35.2 Å². The van der Waals surface area contributed by atoms with Gasteiger partial charge in [-0.05, 0) is 26.0 Å². The lowest BCUT2D eigenvalue weighted by Gasteiger charge is -2.24. The van der Waals surface area contributed by atoms with Crippen molar-refractivity contribution in [3.8, 4) is 0 Å². The molecule has 0 bridgehead atoms. The van der Waals surface area contributed by atoms with Crippen LogP contribution in [0.1, 0.15) is 24.2 Å². The third-order valence-electron chi connectivity index (χ3n) is 3.05. The van der Waals surface area contributed by atoms with Gasteiger partial charge in [-0.2, -0.15) is 0 Å². The Morgan fingerprint density at radius 2 is 2.06 bits per heavy atom. The van der Waals surface area contributed by atoms with Gasteiger partial charge in [-0.25, -0.2) is 9.18 Å². The first-order valence-electron chi connectivity index (χ1n) is 5.71. The lowest BCUT2D eigenvalue weighted by atomic mass is 10.00. The van der Waals surface area contributed by atoms with Crippen molar-refractivity contribution < 1.29 is 23.8 Å². The van der Waals surface area contributed by atoms with Crippen molar-refractivity contribution in [1.29, 1.82) is 0 Å². The first-order valence-corrected chi connectivity index (χ1v) is 5.71. The van der Waals surface area contributed by atoms with Gasteiger partial charge in [-0.15, -0.1) is 0 Å². The van der Waals surface area contributed by atoms with Crippen LogP contribution in [0.15, 0.2) is 30.3 Å². The molecule has 0 aromatic heterocycles. The number of aliphatic hydroxyl groups is 1. The average Bonchev–Trinajstić information content (AvgIpc) is 2.53. The van der Waals surface area contributed by atoms with Crippen molar-refractivity contribution in [2.45, 2.75) is 38.0 Å². The van der Waals surface area contributed by atoms with E-state index in [4.69, 9.17) is 9.47 Å². The summed E-state index contributed by atoms with van der Waals surface area (Å²) in [5, 5.41) is 9.39. The van der Waals surface area contributed by atoms with Crippen LogP contribution in [0.4, 0.5) is 4.39 Å². The molecule has 0 amide bonds. The Hall–Kier alpha value is -1.46. The van der Waals surface area contributed by atoms with E-state index in [1.165, 1.54) is 0 Å². The molecule has 0 radical (unpaired) electrons. The van der Waals surface area contributed by atoms with E-state index in [1.807, 2.05) is 0 Å². The number of ether oxygens (including phenoxy) is 2. The number of carbonyl (C=O) groups excluding carboxylic acids is 1. The van der Waals surface area contributed by atoms with E-state index in [0.717, 1.165) is 6.92 Å². The van der Waals surface area contributed by atoms with Gasteiger partial charge < -0.3 is 14.6 Å². The molecule has 4 atom stereocenters. The van der Waals surface area contributed by atoms with E-state index in [0.29, 0.717) is 5.56 Å². The molecule has 1 unspecified atom stereocenters. The summed E-state index contributed by atoms with van der Waals surface area (Å²) >= 11 is 0. The fourth-order valence-corrected chi connectivity index (χ4v) is 1.98. The van der Waals surface area contributed by atoms with Crippen LogP contribution < -0.4 is 0 Å². The van der Waals surface area contributed by atoms with Gasteiger partial charge >= 0.3 is 5.97 Å². The largest absolute Gasteiger partial charge is 0.452 e. The molecule has 1 aliphatic heterocycles. The van der Waals surface area contributed by atoms with E-state index in [9.17, 15) is 14.3 Å². The second-order valence-corrected chi connectivity index (χ2v) is 4.54. The van der Waals surface area contributed by atoms with E-state index < -0.39 is 30.1 Å². The highest BCUT2D eigenvalue weighted by Crippen LogP contribution is 2.35. The Kier molecular flexibility index (Phi) is 3.36. The van der Waals surface area contributed by atoms with Crippen LogP contribution in [0, 0.1) is 0 Å². The third kappa shape index (κ3) is 2.23. The topological polar surface area (TPSA) is 55.8 Å². The molecule has 1 saturated heterocycles. The van der Waals surface area contributed by atoms with Crippen LogP contribution in [0.3, 0.4) is 0 Å². The summed E-state index contributed by atoms with van der Waals surface area (Å²) in [6, 6.07) is 8.30. The Labute approximate surface area is 104 Å². The van der Waals surface area contributed by atoms with Crippen LogP contribution >= 0.6 is 0 Å². The molecule has 18 heavy (non-hydrogen) atoms. The molecule has 2 rings (SSSR count). The zero-order valence-corrected chi connectivity index (χ0v) is 10.2. The molecule has 0 aliphatic carbocycles. The number of benzene rings is 1. The Morgan fingerprint density at radius 1 is 1.44 bits per heavy atom. The van der Waals surface area contributed by atoms with E-state index >= 15 is 0 Å². The monoisotopic (exact) mass is 254 g/mol. The Bertz CT molecular complexity index is 432. The summed E-state index contributed by atoms with van der Waals surface area (Å²) in [7, 11) is 0. The van der Waals surface area contributed by atoms with Crippen LogP contribution in [-0.2, 0) is 9.47 Å². The van der Waals surface area contributed by atoms with Gasteiger partial charge in [0.05, 0.1) is 11.7 Å². The maximum Gasteiger partial charge on any atom is 0.338 e. The predicted molar refractivity (Wildman–Crippen MR) is 61.7 cm³/mol. The number of hydrogen-bond donors (Lipinski definition) is 1. The summed E-state index contributed by atoms with van der Waals surface area (Å²) in [4.78, 5) is 11.8. The average molecular weight is 254 g/mol. The fraction of sp³-hybridized carbons (Fsp3) is 0.462. The van der Waals surface area contributed by atoms with Crippen molar-refractivity contribution in [3.63, 3.8) is 0 Å². The summed E-state index contributed by atoms with van der Waals surface area (Å²) in [5.74, 6) is -0.631. The molecule has 98 valence electrons. The summed E-state index contributed by atoms with van der Waals surface area (Å²) < 4.78 is 24.2. The number of aliphatic hydroxyl groups excluding tert-OH is 1. The molecule has 5 heteroatoms. The SMILES string of the molecule is C[C@H]1OC(O)[C@](C)(F)[C@@H]1OC(=O)c1ccccc1. The van der Waals surface area contributed by atoms with Crippen molar-refractivity contribution in [2.24, 2.45) is 0 Å². The lowest BCUT2D eigenvalue weighted by Crippen LogP contribution is -2.43. The van der Waals surface area contributed by atoms with Crippen molar-refractivity contribution in [2.75, 3.05) is 0 Å². The smallest absolute Gasteiger partial charge is 0.338 e. The van der Waals surface area contributed by atoms with Crippen molar-refractivity contribution >= 4 is 5.97 Å². The third-order valence-corrected chi connectivity index (χ3v) is 3.05. The van der Waals surface area contributed by atoms with E-state index in [1.54, 1.807) is 37.3 Å². The van der Waals surface area contributed by atoms with Crippen LogP contribution in [0.2, 0.25) is 0 Å². The molecule has 0 spiro atoms. The highest BCUT2D eigenvalue weighted by atomic mass is 19.1. The minimum Gasteiger partial charge on any atom is -0.452 e. The maximum absolute atomic E-state index is 14.1. The minimum atomic E-state index is -2.11. The molecule has 1 aromatic rings. The number of hydrogen-bond acceptors (Lipinski definition) is 4. The summed E-state index contributed by atoms with van der Waals surface area (Å²) in [6.45, 7) is 2.71. The van der Waals surface area contributed by atoms with Gasteiger partial charge in [0.15, 0.2) is 18.1 Å². The summed E-state index contributed by atoms with van der Waals surface area (Å²) in [6.07, 6.45) is -3.40. The first kappa shape index (κ1) is 13.0. The number of halogens is 1. The molecule has 1 heterocycles. The second-order valence-electron chi connectivity index (χ2n) is 4.54. The molecule has 1 aliphatic rings. The van der Waals surface area contributed by atoms with Gasteiger partial charge in [0.25, 0.3) is 0 Å². The first-order chi connectivity index (χ1) is 8.43. The number of esters is 1. The Balaban J connectivity index is 2.12. The van der Waals surface area contributed by atoms with Gasteiger partial charge in [-0.3, -0.25) is 0 Å². The molecular formula is C13H15FO4. The predicted octanol–water partition coefficient (Wildman–Crippen LogP) is 1.68. The lowest BCUT2D eigenvalue weighted by molar-refractivity contribution is -0.137. The number of carbonyl (C=O) groups is 1. The highest BCUT2D eigenvalue weighted by Gasteiger charge is 2.55. The zero-order valence-electron chi connectivity index (χ0n) is 10.2. The summed E-state index contributed by atoms with van der Waals surface area (Å²) in [5.41, 5.74) is -1.77. The van der Waals surface area contributed by atoms with Crippen LogP contribution in [0.5, 0.6) is 0 Å². The van der Waals surface area contributed by atoms with Crippen LogP contribution in [0.25, 0.3) is 0 Å². The molecule has 1 N–H and O–H groups in total. The van der Waals surface area contributed by atoms with Gasteiger partial charge in [0.1, 0.15) is 0 Å². The molecule has 1 aromatic carbocycles. The van der Waals surface area contributed by atoms with Gasteiger partial charge in [0.2, 0.25) is 0 Å². The maximum atomic E-state index is 14.1. The highest BCUT2D eigenvalue weighted by molar-refractivity contribution is 5.89. The van der Waals surface area contributed by atoms with Gasteiger partial charge in [-0.1, -0.05) is 18.2 Å². The standard InChI is InChI=1S/C13H15FO4/c1-8-10(13(2,14)12(16)17-8)18-11(15)9-6-4-3-5-7-9/h3-8,10,12,16H,1-2H3/t8-,10-,12?,13-/m1/s1. The molecule has 1 fully saturated rings. The normalized spacial score (nSPS) is 35.4. The van der Waals surface area contributed by atoms with Crippen molar-refractivity contribution in [1.82, 2.24) is 0 Å². The second kappa shape index (κ2) is 4.66. The Morgan fingerprint density at radius 3 is 2.56 bits per heavy atom. The molecular weight excluding hydrogens is 239 g/mol. The molecule has 0 saturated carbocycles. The van der Waals surface area contributed by atoms with Gasteiger partial charge in [0, 0.05) is 0 Å². The number of rotatable bonds is 2. The number of alkyl halides is 1.